The summed E-state index contributed by atoms with van der Waals surface area (Å²) in [6.45, 7) is 4.48. The van der Waals surface area contributed by atoms with Crippen LogP contribution >= 0.6 is 0 Å². The van der Waals surface area contributed by atoms with Crippen molar-refractivity contribution in [3.63, 3.8) is 0 Å². The molecule has 0 saturated carbocycles. The summed E-state index contributed by atoms with van der Waals surface area (Å²) >= 11 is 0. The molecule has 1 N–H and O–H groups in total. The Bertz CT molecular complexity index is 838. The van der Waals surface area contributed by atoms with Crippen LogP contribution in [0.3, 0.4) is 0 Å². The summed E-state index contributed by atoms with van der Waals surface area (Å²) in [7, 11) is 0. The van der Waals surface area contributed by atoms with Gasteiger partial charge in [-0.3, -0.25) is 9.59 Å². The Labute approximate surface area is 159 Å². The lowest BCUT2D eigenvalue weighted by molar-refractivity contribution is -0.160. The summed E-state index contributed by atoms with van der Waals surface area (Å²) in [4.78, 5) is 25.3. The van der Waals surface area contributed by atoms with Crippen LogP contribution in [0.15, 0.2) is 48.5 Å². The first-order valence-electron chi connectivity index (χ1n) is 9.57. The van der Waals surface area contributed by atoms with E-state index < -0.39 is 17.8 Å². The van der Waals surface area contributed by atoms with Crippen molar-refractivity contribution in [2.24, 2.45) is 17.8 Å². The van der Waals surface area contributed by atoms with Crippen molar-refractivity contribution in [3.05, 3.63) is 70.8 Å². The van der Waals surface area contributed by atoms with E-state index in [2.05, 4.69) is 13.8 Å². The Morgan fingerprint density at radius 2 is 1.33 bits per heavy atom. The topological polar surface area (TPSA) is 63.6 Å². The SMILES string of the molecule is CC(C)CCOC(=O)[C@@H]1C2c3ccccc3C(c3ccccc32)[C@H]1C(=O)O. The number of hydrogen-bond acceptors (Lipinski definition) is 3. The number of rotatable bonds is 5. The van der Waals surface area contributed by atoms with Gasteiger partial charge in [0.05, 0.1) is 18.4 Å². The zero-order valence-corrected chi connectivity index (χ0v) is 15.6. The average molecular weight is 364 g/mol. The summed E-state index contributed by atoms with van der Waals surface area (Å²) < 4.78 is 5.55. The molecule has 27 heavy (non-hydrogen) atoms. The lowest BCUT2D eigenvalue weighted by Gasteiger charge is -2.47. The second-order valence-corrected chi connectivity index (χ2v) is 7.95. The van der Waals surface area contributed by atoms with Crippen LogP contribution in [-0.2, 0) is 14.3 Å². The molecule has 2 aromatic carbocycles. The molecule has 4 heteroatoms. The molecule has 5 rings (SSSR count). The van der Waals surface area contributed by atoms with Gasteiger partial charge in [-0.15, -0.1) is 0 Å². The highest BCUT2D eigenvalue weighted by atomic mass is 16.5. The summed E-state index contributed by atoms with van der Waals surface area (Å²) in [5.74, 6) is -2.97. The van der Waals surface area contributed by atoms with E-state index in [4.69, 9.17) is 4.74 Å². The highest BCUT2D eigenvalue weighted by molar-refractivity contribution is 5.87. The number of carbonyl (C=O) groups is 2. The first kappa shape index (κ1) is 17.8. The van der Waals surface area contributed by atoms with Crippen LogP contribution < -0.4 is 0 Å². The lowest BCUT2D eigenvalue weighted by atomic mass is 9.54. The van der Waals surface area contributed by atoms with Gasteiger partial charge in [-0.2, -0.15) is 0 Å². The smallest absolute Gasteiger partial charge is 0.310 e. The second kappa shape index (κ2) is 6.84. The quantitative estimate of drug-likeness (QED) is 0.808. The van der Waals surface area contributed by atoms with E-state index in [1.165, 1.54) is 0 Å². The third-order valence-electron chi connectivity index (χ3n) is 5.93. The van der Waals surface area contributed by atoms with Gasteiger partial charge in [0.15, 0.2) is 0 Å². The van der Waals surface area contributed by atoms with E-state index in [1.807, 2.05) is 48.5 Å². The van der Waals surface area contributed by atoms with E-state index in [9.17, 15) is 14.7 Å². The van der Waals surface area contributed by atoms with Crippen LogP contribution in [0.2, 0.25) is 0 Å². The first-order valence-corrected chi connectivity index (χ1v) is 9.57. The fourth-order valence-corrected chi connectivity index (χ4v) is 4.75. The van der Waals surface area contributed by atoms with Crippen LogP contribution in [0.25, 0.3) is 0 Å². The Morgan fingerprint density at radius 3 is 1.74 bits per heavy atom. The molecule has 2 bridgehead atoms. The van der Waals surface area contributed by atoms with Crippen LogP contribution in [0.4, 0.5) is 0 Å². The minimum Gasteiger partial charge on any atom is -0.481 e. The molecule has 0 fully saturated rings. The predicted molar refractivity (Wildman–Crippen MR) is 102 cm³/mol. The number of ether oxygens (including phenoxy) is 1. The number of aliphatic carboxylic acids is 1. The fourth-order valence-electron chi connectivity index (χ4n) is 4.75. The van der Waals surface area contributed by atoms with Crippen molar-refractivity contribution in [2.45, 2.75) is 32.1 Å². The van der Waals surface area contributed by atoms with E-state index in [-0.39, 0.29) is 17.8 Å². The normalized spacial score (nSPS) is 25.0. The van der Waals surface area contributed by atoms with Crippen molar-refractivity contribution >= 4 is 11.9 Å². The van der Waals surface area contributed by atoms with Crippen molar-refractivity contribution in [2.75, 3.05) is 6.61 Å². The number of hydrogen-bond donors (Lipinski definition) is 1. The molecule has 0 spiro atoms. The predicted octanol–water partition coefficient (Wildman–Crippen LogP) is 4.18. The summed E-state index contributed by atoms with van der Waals surface area (Å²) in [6, 6.07) is 15.8. The van der Waals surface area contributed by atoms with E-state index >= 15 is 0 Å². The number of fused-ring (bicyclic) bond motifs is 1. The second-order valence-electron chi connectivity index (χ2n) is 7.95. The van der Waals surface area contributed by atoms with Crippen LogP contribution in [0.5, 0.6) is 0 Å². The zero-order chi connectivity index (χ0) is 19.1. The van der Waals surface area contributed by atoms with E-state index in [0.29, 0.717) is 12.5 Å². The fraction of sp³-hybridized carbons (Fsp3) is 0.391. The minimum atomic E-state index is -0.931. The Kier molecular flexibility index (Phi) is 4.50. The maximum absolute atomic E-state index is 13.0. The number of carbonyl (C=O) groups excluding carboxylic acids is 1. The van der Waals surface area contributed by atoms with Crippen molar-refractivity contribution < 1.29 is 19.4 Å². The molecule has 0 aromatic heterocycles. The molecule has 3 aliphatic carbocycles. The van der Waals surface area contributed by atoms with Gasteiger partial charge >= 0.3 is 11.9 Å². The standard InChI is InChI=1S/C23H24O4/c1-13(2)11-12-27-23(26)21-19-16-9-5-3-7-14(16)18(20(21)22(24)25)15-8-4-6-10-17(15)19/h3-10,13,18-21H,11-12H2,1-2H3,(H,24,25)/t18?,19?,20-,21-/m1/s1. The van der Waals surface area contributed by atoms with Gasteiger partial charge in [0, 0.05) is 11.8 Å². The minimum absolute atomic E-state index is 0.268. The molecular formula is C23H24O4. The first-order chi connectivity index (χ1) is 13.0. The third kappa shape index (κ3) is 2.84. The number of esters is 1. The molecule has 3 aliphatic rings. The molecule has 2 aromatic rings. The highest BCUT2D eigenvalue weighted by Gasteiger charge is 2.55. The van der Waals surface area contributed by atoms with Gasteiger partial charge in [-0.05, 0) is 34.6 Å². The Hall–Kier alpha value is -2.62. The molecule has 140 valence electrons. The number of benzene rings is 2. The maximum atomic E-state index is 13.0. The van der Waals surface area contributed by atoms with Gasteiger partial charge in [0.25, 0.3) is 0 Å². The molecular weight excluding hydrogens is 340 g/mol. The van der Waals surface area contributed by atoms with E-state index in [0.717, 1.165) is 28.7 Å². The van der Waals surface area contributed by atoms with Gasteiger partial charge < -0.3 is 9.84 Å². The number of carboxylic acid groups (broad SMARTS) is 1. The molecule has 0 saturated heterocycles. The molecule has 0 amide bonds. The van der Waals surface area contributed by atoms with Gasteiger partial charge in [-0.1, -0.05) is 62.4 Å². The van der Waals surface area contributed by atoms with Crippen molar-refractivity contribution in [3.8, 4) is 0 Å². The van der Waals surface area contributed by atoms with Gasteiger partial charge in [0.2, 0.25) is 0 Å². The molecule has 0 unspecified atom stereocenters. The molecule has 0 heterocycles. The highest BCUT2D eigenvalue weighted by Crippen LogP contribution is 2.58. The summed E-state index contributed by atoms with van der Waals surface area (Å²) in [5.41, 5.74) is 4.17. The molecule has 4 nitrogen and oxygen atoms in total. The lowest BCUT2D eigenvalue weighted by Crippen LogP contribution is -2.47. The van der Waals surface area contributed by atoms with Crippen LogP contribution in [0, 0.1) is 17.8 Å². The summed E-state index contributed by atoms with van der Waals surface area (Å²) in [6.07, 6.45) is 0.775. The maximum Gasteiger partial charge on any atom is 0.310 e. The molecule has 2 atom stereocenters. The Balaban J connectivity index is 1.80. The molecule has 0 radical (unpaired) electrons. The van der Waals surface area contributed by atoms with Crippen LogP contribution in [0.1, 0.15) is 54.4 Å². The zero-order valence-electron chi connectivity index (χ0n) is 15.6. The van der Waals surface area contributed by atoms with Gasteiger partial charge in [-0.25, -0.2) is 0 Å². The van der Waals surface area contributed by atoms with E-state index in [1.54, 1.807) is 0 Å². The van der Waals surface area contributed by atoms with Crippen LogP contribution in [-0.4, -0.2) is 23.7 Å². The van der Waals surface area contributed by atoms with Gasteiger partial charge in [0.1, 0.15) is 0 Å². The Morgan fingerprint density at radius 1 is 0.889 bits per heavy atom. The third-order valence-corrected chi connectivity index (χ3v) is 5.93. The van der Waals surface area contributed by atoms with Crippen molar-refractivity contribution in [1.82, 2.24) is 0 Å². The summed E-state index contributed by atoms with van der Waals surface area (Å²) in [5, 5.41) is 10.0. The van der Waals surface area contributed by atoms with Crippen molar-refractivity contribution in [1.29, 1.82) is 0 Å². The number of carboxylic acids is 1. The average Bonchev–Trinajstić information content (AvgIpc) is 2.66. The molecule has 0 aliphatic heterocycles. The monoisotopic (exact) mass is 364 g/mol. The largest absolute Gasteiger partial charge is 0.481 e.